The molecule has 5 nitrogen and oxygen atoms in total. The number of nitrogens with one attached hydrogen (secondary N) is 2. The Morgan fingerprint density at radius 1 is 1.09 bits per heavy atom. The molecule has 2 aromatic carbocycles. The van der Waals surface area contributed by atoms with Gasteiger partial charge in [0.15, 0.2) is 0 Å². The third kappa shape index (κ3) is 3.26. The first-order chi connectivity index (χ1) is 11.2. The molecule has 1 heterocycles. The molecule has 4 N–H and O–H groups in total. The molecule has 0 radical (unpaired) electrons. The molecule has 0 spiro atoms. The van der Waals surface area contributed by atoms with Crippen LogP contribution in [0, 0.1) is 0 Å². The SMILES string of the molecule is O=C(NC(c1ccccc1)C(O)CO)c1cc2ccccc2[nH]1. The number of aliphatic hydroxyl groups is 2. The lowest BCUT2D eigenvalue weighted by Gasteiger charge is -2.23. The molecule has 0 saturated heterocycles. The number of amides is 1. The standard InChI is InChI=1S/C18H18N2O3/c21-11-16(22)17(12-6-2-1-3-7-12)20-18(23)15-10-13-8-4-5-9-14(13)19-15/h1-10,16-17,19,21-22H,11H2,(H,20,23). The van der Waals surface area contributed by atoms with Crippen molar-refractivity contribution in [2.24, 2.45) is 0 Å². The van der Waals surface area contributed by atoms with Gasteiger partial charge in [0.05, 0.1) is 12.6 Å². The molecule has 0 aliphatic rings. The molecule has 0 aliphatic heterocycles. The van der Waals surface area contributed by atoms with Crippen LogP contribution in [0.5, 0.6) is 0 Å². The number of hydrogen-bond acceptors (Lipinski definition) is 3. The van der Waals surface area contributed by atoms with Gasteiger partial charge in [-0.25, -0.2) is 0 Å². The minimum Gasteiger partial charge on any atom is -0.394 e. The van der Waals surface area contributed by atoms with Crippen LogP contribution in [0.1, 0.15) is 22.1 Å². The molecule has 1 aromatic heterocycles. The fourth-order valence-electron chi connectivity index (χ4n) is 2.58. The highest BCUT2D eigenvalue weighted by Gasteiger charge is 2.23. The summed E-state index contributed by atoms with van der Waals surface area (Å²) in [7, 11) is 0. The van der Waals surface area contributed by atoms with E-state index in [2.05, 4.69) is 10.3 Å². The number of aliphatic hydroxyl groups excluding tert-OH is 2. The number of aromatic nitrogens is 1. The summed E-state index contributed by atoms with van der Waals surface area (Å²) in [6.07, 6.45) is -1.08. The van der Waals surface area contributed by atoms with Crippen molar-refractivity contribution < 1.29 is 15.0 Å². The van der Waals surface area contributed by atoms with Crippen LogP contribution in [0.4, 0.5) is 0 Å². The highest BCUT2D eigenvalue weighted by atomic mass is 16.3. The van der Waals surface area contributed by atoms with Gasteiger partial charge in [0, 0.05) is 10.9 Å². The molecule has 2 atom stereocenters. The molecule has 3 aromatic rings. The smallest absolute Gasteiger partial charge is 0.268 e. The van der Waals surface area contributed by atoms with Crippen LogP contribution < -0.4 is 5.32 Å². The van der Waals surface area contributed by atoms with E-state index in [0.717, 1.165) is 16.5 Å². The van der Waals surface area contributed by atoms with E-state index in [-0.39, 0.29) is 5.91 Å². The lowest BCUT2D eigenvalue weighted by Crippen LogP contribution is -2.38. The van der Waals surface area contributed by atoms with E-state index in [1.165, 1.54) is 0 Å². The number of benzene rings is 2. The summed E-state index contributed by atoms with van der Waals surface area (Å²) in [5.41, 5.74) is 2.02. The van der Waals surface area contributed by atoms with Crippen molar-refractivity contribution in [1.82, 2.24) is 10.3 Å². The van der Waals surface area contributed by atoms with Crippen molar-refractivity contribution in [2.75, 3.05) is 6.61 Å². The summed E-state index contributed by atoms with van der Waals surface area (Å²) in [6.45, 7) is -0.438. The molecule has 0 fully saturated rings. The van der Waals surface area contributed by atoms with E-state index < -0.39 is 18.8 Å². The first-order valence-electron chi connectivity index (χ1n) is 7.41. The quantitative estimate of drug-likeness (QED) is 0.581. The summed E-state index contributed by atoms with van der Waals surface area (Å²) in [5, 5.41) is 23.0. The van der Waals surface area contributed by atoms with Gasteiger partial charge in [0.2, 0.25) is 0 Å². The Labute approximate surface area is 133 Å². The Bertz CT molecular complexity index is 765. The van der Waals surface area contributed by atoms with Crippen molar-refractivity contribution in [3.05, 3.63) is 71.9 Å². The van der Waals surface area contributed by atoms with Gasteiger partial charge in [-0.3, -0.25) is 4.79 Å². The number of rotatable bonds is 5. The Kier molecular flexibility index (Phi) is 4.41. The molecular weight excluding hydrogens is 292 g/mol. The third-order valence-electron chi connectivity index (χ3n) is 3.79. The van der Waals surface area contributed by atoms with Crippen LogP contribution in [-0.2, 0) is 0 Å². The van der Waals surface area contributed by atoms with Crippen molar-refractivity contribution in [2.45, 2.75) is 12.1 Å². The number of fused-ring (bicyclic) bond motifs is 1. The average molecular weight is 310 g/mol. The fraction of sp³-hybridized carbons (Fsp3) is 0.167. The number of carbonyl (C=O) groups is 1. The second kappa shape index (κ2) is 6.64. The van der Waals surface area contributed by atoms with E-state index in [0.29, 0.717) is 5.69 Å². The van der Waals surface area contributed by atoms with Gasteiger partial charge in [-0.05, 0) is 17.7 Å². The molecule has 5 heteroatoms. The van der Waals surface area contributed by atoms with Crippen LogP contribution in [0.15, 0.2) is 60.7 Å². The highest BCUT2D eigenvalue weighted by molar-refractivity contribution is 5.98. The Morgan fingerprint density at radius 3 is 2.48 bits per heavy atom. The molecule has 0 saturated carbocycles. The first kappa shape index (κ1) is 15.3. The maximum atomic E-state index is 12.5. The Hall–Kier alpha value is -2.63. The summed E-state index contributed by atoms with van der Waals surface area (Å²) in [4.78, 5) is 15.5. The van der Waals surface area contributed by atoms with E-state index in [9.17, 15) is 15.0 Å². The van der Waals surface area contributed by atoms with E-state index in [1.807, 2.05) is 42.5 Å². The van der Waals surface area contributed by atoms with Crippen molar-refractivity contribution in [3.63, 3.8) is 0 Å². The van der Waals surface area contributed by atoms with Crippen LogP contribution in [-0.4, -0.2) is 33.8 Å². The van der Waals surface area contributed by atoms with Gasteiger partial charge in [-0.1, -0.05) is 48.5 Å². The van der Waals surface area contributed by atoms with Crippen LogP contribution in [0.25, 0.3) is 10.9 Å². The number of carbonyl (C=O) groups excluding carboxylic acids is 1. The molecule has 2 unspecified atom stereocenters. The molecule has 0 aliphatic carbocycles. The molecule has 118 valence electrons. The molecule has 0 bridgehead atoms. The molecule has 23 heavy (non-hydrogen) atoms. The maximum Gasteiger partial charge on any atom is 0.268 e. The number of hydrogen-bond donors (Lipinski definition) is 4. The number of para-hydroxylation sites is 1. The normalized spacial score (nSPS) is 13.7. The predicted octanol–water partition coefficient (Wildman–Crippen LogP) is 1.99. The number of aromatic amines is 1. The summed E-state index contributed by atoms with van der Waals surface area (Å²) >= 11 is 0. The maximum absolute atomic E-state index is 12.5. The summed E-state index contributed by atoms with van der Waals surface area (Å²) in [5.74, 6) is -0.331. The third-order valence-corrected chi connectivity index (χ3v) is 3.79. The summed E-state index contributed by atoms with van der Waals surface area (Å²) < 4.78 is 0. The van der Waals surface area contributed by atoms with Crippen molar-refractivity contribution >= 4 is 16.8 Å². The van der Waals surface area contributed by atoms with Crippen molar-refractivity contribution in [1.29, 1.82) is 0 Å². The highest BCUT2D eigenvalue weighted by Crippen LogP contribution is 2.19. The second-order valence-electron chi connectivity index (χ2n) is 5.38. The minimum atomic E-state index is -1.08. The van der Waals surface area contributed by atoms with Crippen LogP contribution >= 0.6 is 0 Å². The largest absolute Gasteiger partial charge is 0.394 e. The lowest BCUT2D eigenvalue weighted by atomic mass is 10.0. The van der Waals surface area contributed by atoms with Gasteiger partial charge >= 0.3 is 0 Å². The molecular formula is C18H18N2O3. The second-order valence-corrected chi connectivity index (χ2v) is 5.38. The van der Waals surface area contributed by atoms with Gasteiger partial charge in [0.1, 0.15) is 11.8 Å². The monoisotopic (exact) mass is 310 g/mol. The van der Waals surface area contributed by atoms with E-state index in [1.54, 1.807) is 18.2 Å². The zero-order valence-corrected chi connectivity index (χ0v) is 12.4. The first-order valence-corrected chi connectivity index (χ1v) is 7.41. The Balaban J connectivity index is 1.85. The fourth-order valence-corrected chi connectivity index (χ4v) is 2.58. The number of H-pyrrole nitrogens is 1. The minimum absolute atomic E-state index is 0.331. The van der Waals surface area contributed by atoms with E-state index in [4.69, 9.17) is 0 Å². The topological polar surface area (TPSA) is 85.3 Å². The molecule has 3 rings (SSSR count). The van der Waals surface area contributed by atoms with Gasteiger partial charge in [-0.2, -0.15) is 0 Å². The zero-order chi connectivity index (χ0) is 16.2. The van der Waals surface area contributed by atoms with E-state index >= 15 is 0 Å². The lowest BCUT2D eigenvalue weighted by molar-refractivity contribution is 0.0562. The van der Waals surface area contributed by atoms with Crippen LogP contribution in [0.2, 0.25) is 0 Å². The van der Waals surface area contributed by atoms with Gasteiger partial charge < -0.3 is 20.5 Å². The van der Waals surface area contributed by atoms with Gasteiger partial charge in [0.25, 0.3) is 5.91 Å². The average Bonchev–Trinajstić information content (AvgIpc) is 3.04. The summed E-state index contributed by atoms with van der Waals surface area (Å²) in [6, 6.07) is 17.8. The molecule has 1 amide bonds. The zero-order valence-electron chi connectivity index (χ0n) is 12.4. The van der Waals surface area contributed by atoms with Crippen molar-refractivity contribution in [3.8, 4) is 0 Å². The van der Waals surface area contributed by atoms with Gasteiger partial charge in [-0.15, -0.1) is 0 Å². The predicted molar refractivity (Wildman–Crippen MR) is 88.0 cm³/mol. The Morgan fingerprint density at radius 2 is 1.78 bits per heavy atom. The van der Waals surface area contributed by atoms with Crippen LogP contribution in [0.3, 0.4) is 0 Å².